The molecule has 0 aromatic heterocycles. The van der Waals surface area contributed by atoms with E-state index in [0.717, 1.165) is 5.56 Å². The van der Waals surface area contributed by atoms with E-state index in [2.05, 4.69) is 18.7 Å². The molecule has 1 aromatic rings. The van der Waals surface area contributed by atoms with Crippen LogP contribution in [0.5, 0.6) is 5.75 Å². The number of benzene rings is 1. The first-order chi connectivity index (χ1) is 5.65. The van der Waals surface area contributed by atoms with Crippen molar-refractivity contribution in [2.24, 2.45) is 0 Å². The van der Waals surface area contributed by atoms with Gasteiger partial charge in [-0.05, 0) is 30.0 Å². The number of aryl methyl sites for hydroxylation is 1. The van der Waals surface area contributed by atoms with E-state index in [9.17, 15) is 0 Å². The molecule has 2 nitrogen and oxygen atoms in total. The zero-order chi connectivity index (χ0) is 9.14. The van der Waals surface area contributed by atoms with Crippen LogP contribution in [0.1, 0.15) is 30.9 Å². The van der Waals surface area contributed by atoms with Crippen LogP contribution >= 0.6 is 0 Å². The fraction of sp³-hybridized carbons (Fsp3) is 0.400. The van der Waals surface area contributed by atoms with Gasteiger partial charge < -0.3 is 4.89 Å². The van der Waals surface area contributed by atoms with Crippen LogP contribution in [0.15, 0.2) is 18.2 Å². The third-order valence-electron chi connectivity index (χ3n) is 1.98. The molecule has 66 valence electrons. The second-order valence-corrected chi connectivity index (χ2v) is 3.27. The van der Waals surface area contributed by atoms with Gasteiger partial charge in [-0.15, -0.1) is 0 Å². The summed E-state index contributed by atoms with van der Waals surface area (Å²) in [6, 6.07) is 5.85. The molecule has 1 aromatic carbocycles. The summed E-state index contributed by atoms with van der Waals surface area (Å²) in [6.07, 6.45) is 0. The molecule has 0 fully saturated rings. The average molecular weight is 166 g/mol. The van der Waals surface area contributed by atoms with E-state index >= 15 is 0 Å². The van der Waals surface area contributed by atoms with Crippen molar-refractivity contribution >= 4 is 0 Å². The first kappa shape index (κ1) is 9.07. The molecule has 1 rings (SSSR count). The summed E-state index contributed by atoms with van der Waals surface area (Å²) in [5.41, 5.74) is 2.12. The Labute approximate surface area is 72.7 Å². The van der Waals surface area contributed by atoms with Gasteiger partial charge in [0, 0.05) is 0 Å². The summed E-state index contributed by atoms with van der Waals surface area (Å²) in [5, 5.41) is 8.52. The van der Waals surface area contributed by atoms with Gasteiger partial charge in [-0.3, -0.25) is 0 Å². The smallest absolute Gasteiger partial charge is 0.168 e. The van der Waals surface area contributed by atoms with Crippen molar-refractivity contribution in [1.82, 2.24) is 0 Å². The third-order valence-corrected chi connectivity index (χ3v) is 1.98. The van der Waals surface area contributed by atoms with Gasteiger partial charge in [0.1, 0.15) is 0 Å². The molecule has 0 radical (unpaired) electrons. The lowest BCUT2D eigenvalue weighted by Crippen LogP contribution is -1.92. The van der Waals surface area contributed by atoms with Crippen molar-refractivity contribution in [3.63, 3.8) is 0 Å². The molecule has 1 N–H and O–H groups in total. The first-order valence-electron chi connectivity index (χ1n) is 4.07. The second kappa shape index (κ2) is 3.59. The highest BCUT2D eigenvalue weighted by Crippen LogP contribution is 2.23. The Kier molecular flexibility index (Phi) is 2.71. The van der Waals surface area contributed by atoms with E-state index in [1.807, 2.05) is 25.1 Å². The molecule has 12 heavy (non-hydrogen) atoms. The van der Waals surface area contributed by atoms with E-state index in [0.29, 0.717) is 11.7 Å². The third kappa shape index (κ3) is 1.77. The van der Waals surface area contributed by atoms with Gasteiger partial charge in [-0.2, -0.15) is 0 Å². The van der Waals surface area contributed by atoms with Crippen LogP contribution in [0.4, 0.5) is 0 Å². The summed E-state index contributed by atoms with van der Waals surface area (Å²) >= 11 is 0. The maximum atomic E-state index is 8.52. The molecule has 0 spiro atoms. The Balaban J connectivity index is 3.05. The topological polar surface area (TPSA) is 29.5 Å². The van der Waals surface area contributed by atoms with Crippen molar-refractivity contribution in [1.29, 1.82) is 0 Å². The highest BCUT2D eigenvalue weighted by atomic mass is 17.1. The minimum atomic E-state index is 0.458. The minimum absolute atomic E-state index is 0.458. The van der Waals surface area contributed by atoms with Crippen LogP contribution in [0.25, 0.3) is 0 Å². The maximum Gasteiger partial charge on any atom is 0.168 e. The van der Waals surface area contributed by atoms with Crippen LogP contribution in [0.3, 0.4) is 0 Å². The van der Waals surface area contributed by atoms with Crippen LogP contribution in [0, 0.1) is 6.92 Å². The Morgan fingerprint density at radius 3 is 2.50 bits per heavy atom. The molecular weight excluding hydrogens is 152 g/mol. The molecule has 0 unspecified atom stereocenters. The summed E-state index contributed by atoms with van der Waals surface area (Å²) in [5.74, 6) is 1.00. The number of hydrogen-bond donors (Lipinski definition) is 1. The maximum absolute atomic E-state index is 8.52. The lowest BCUT2D eigenvalue weighted by molar-refractivity contribution is -0.138. The van der Waals surface area contributed by atoms with E-state index in [-0.39, 0.29) is 0 Å². The molecule has 0 aliphatic carbocycles. The van der Waals surface area contributed by atoms with Gasteiger partial charge in [0.05, 0.1) is 0 Å². The Morgan fingerprint density at radius 1 is 1.33 bits per heavy atom. The minimum Gasteiger partial charge on any atom is -0.340 e. The second-order valence-electron chi connectivity index (χ2n) is 3.27. The fourth-order valence-corrected chi connectivity index (χ4v) is 1.07. The summed E-state index contributed by atoms with van der Waals surface area (Å²) in [6.45, 7) is 6.10. The summed E-state index contributed by atoms with van der Waals surface area (Å²) < 4.78 is 0. The first-order valence-corrected chi connectivity index (χ1v) is 4.07. The number of hydrogen-bond acceptors (Lipinski definition) is 2. The van der Waals surface area contributed by atoms with Crippen molar-refractivity contribution in [2.75, 3.05) is 0 Å². The lowest BCUT2D eigenvalue weighted by Gasteiger charge is -2.07. The van der Waals surface area contributed by atoms with E-state index in [4.69, 9.17) is 5.26 Å². The molecular formula is C10H14O2. The SMILES string of the molecule is Cc1ccc(C(C)C)cc1OO. The predicted octanol–water partition coefficient (Wildman–Crippen LogP) is 2.97. The van der Waals surface area contributed by atoms with E-state index < -0.39 is 0 Å². The predicted molar refractivity (Wildman–Crippen MR) is 48.5 cm³/mol. The highest BCUT2D eigenvalue weighted by molar-refractivity contribution is 5.37. The molecule has 0 saturated carbocycles. The Hall–Kier alpha value is -1.02. The largest absolute Gasteiger partial charge is 0.340 e. The van der Waals surface area contributed by atoms with E-state index in [1.165, 1.54) is 5.56 Å². The van der Waals surface area contributed by atoms with Gasteiger partial charge in [-0.1, -0.05) is 26.0 Å². The molecule has 0 saturated heterocycles. The van der Waals surface area contributed by atoms with Gasteiger partial charge in [0.15, 0.2) is 5.75 Å². The quantitative estimate of drug-likeness (QED) is 0.540. The molecule has 0 atom stereocenters. The molecule has 0 heterocycles. The molecule has 0 aliphatic heterocycles. The van der Waals surface area contributed by atoms with Crippen molar-refractivity contribution in [3.8, 4) is 5.75 Å². The fourth-order valence-electron chi connectivity index (χ4n) is 1.07. The zero-order valence-electron chi connectivity index (χ0n) is 7.66. The normalized spacial score (nSPS) is 10.4. The van der Waals surface area contributed by atoms with E-state index in [1.54, 1.807) is 0 Å². The summed E-state index contributed by atoms with van der Waals surface area (Å²) in [4.78, 5) is 4.24. The van der Waals surface area contributed by atoms with Crippen LogP contribution in [0.2, 0.25) is 0 Å². The average Bonchev–Trinajstić information content (AvgIpc) is 2.05. The highest BCUT2D eigenvalue weighted by Gasteiger charge is 2.03. The van der Waals surface area contributed by atoms with Gasteiger partial charge >= 0.3 is 0 Å². The molecule has 2 heteroatoms. The Morgan fingerprint density at radius 2 is 2.00 bits per heavy atom. The van der Waals surface area contributed by atoms with Crippen LogP contribution in [-0.4, -0.2) is 5.26 Å². The van der Waals surface area contributed by atoms with Crippen LogP contribution in [-0.2, 0) is 0 Å². The Bertz CT molecular complexity index is 267. The zero-order valence-corrected chi connectivity index (χ0v) is 7.66. The van der Waals surface area contributed by atoms with Gasteiger partial charge in [0.2, 0.25) is 0 Å². The monoisotopic (exact) mass is 166 g/mol. The summed E-state index contributed by atoms with van der Waals surface area (Å²) in [7, 11) is 0. The molecule has 0 bridgehead atoms. The van der Waals surface area contributed by atoms with Gasteiger partial charge in [-0.25, -0.2) is 5.26 Å². The van der Waals surface area contributed by atoms with Gasteiger partial charge in [0.25, 0.3) is 0 Å². The van der Waals surface area contributed by atoms with Crippen molar-refractivity contribution in [3.05, 3.63) is 29.3 Å². The molecule has 0 amide bonds. The standard InChI is InChI=1S/C10H14O2/c1-7(2)9-5-4-8(3)10(6-9)12-11/h4-7,11H,1-3H3. The molecule has 0 aliphatic rings. The lowest BCUT2D eigenvalue weighted by atomic mass is 10.0. The van der Waals surface area contributed by atoms with Crippen molar-refractivity contribution < 1.29 is 10.1 Å². The van der Waals surface area contributed by atoms with Crippen LogP contribution < -0.4 is 4.89 Å². The number of rotatable bonds is 2. The van der Waals surface area contributed by atoms with Crippen molar-refractivity contribution in [2.45, 2.75) is 26.7 Å².